The first-order valence-corrected chi connectivity index (χ1v) is 7.21. The number of carbonyl (C=O) groups is 3. The van der Waals surface area contributed by atoms with E-state index in [9.17, 15) is 14.4 Å². The molecule has 0 spiro atoms. The van der Waals surface area contributed by atoms with Gasteiger partial charge in [0.1, 0.15) is 6.04 Å². The zero-order valence-electron chi connectivity index (χ0n) is 14.0. The molecule has 3 amide bonds. The molecule has 1 atom stereocenters. The van der Waals surface area contributed by atoms with E-state index in [1.54, 1.807) is 45.4 Å². The molecule has 1 saturated heterocycles. The van der Waals surface area contributed by atoms with Crippen LogP contribution < -0.4 is 16.4 Å². The predicted molar refractivity (Wildman–Crippen MR) is 88.1 cm³/mol. The molecule has 0 aromatic rings. The van der Waals surface area contributed by atoms with Crippen LogP contribution in [0.4, 0.5) is 0 Å². The fourth-order valence-electron chi connectivity index (χ4n) is 1.79. The summed E-state index contributed by atoms with van der Waals surface area (Å²) >= 11 is 0. The standard InChI is InChI=1S/C14H19N3O3.C2H6O/c1-3-5-6-10(15)9(4-2)13(19)16-11-7-8-12(18)17-14(11)20;1-3-2/h3-6,11H,7-8,15H2,1-2H3,(H,16,19)(H,17,18,20);1-2H3/b5-3-,9-4+,10-6+;. The lowest BCUT2D eigenvalue weighted by Crippen LogP contribution is -2.52. The summed E-state index contributed by atoms with van der Waals surface area (Å²) in [6.45, 7) is 3.53. The third kappa shape index (κ3) is 7.42. The molecule has 0 aromatic heterocycles. The molecule has 1 aliphatic heterocycles. The van der Waals surface area contributed by atoms with Crippen LogP contribution in [-0.2, 0) is 19.1 Å². The van der Waals surface area contributed by atoms with Gasteiger partial charge in [-0.05, 0) is 26.3 Å². The van der Waals surface area contributed by atoms with Gasteiger partial charge < -0.3 is 15.8 Å². The highest BCUT2D eigenvalue weighted by Crippen LogP contribution is 2.09. The van der Waals surface area contributed by atoms with Crippen molar-refractivity contribution >= 4 is 17.7 Å². The van der Waals surface area contributed by atoms with E-state index in [0.717, 1.165) is 0 Å². The van der Waals surface area contributed by atoms with E-state index in [1.165, 1.54) is 0 Å². The highest BCUT2D eigenvalue weighted by atomic mass is 16.4. The largest absolute Gasteiger partial charge is 0.398 e. The minimum atomic E-state index is -0.704. The number of amides is 3. The molecule has 0 aromatic carbocycles. The number of piperidine rings is 1. The van der Waals surface area contributed by atoms with E-state index in [1.807, 2.05) is 6.92 Å². The number of allylic oxidation sites excluding steroid dienone is 4. The highest BCUT2D eigenvalue weighted by Gasteiger charge is 2.28. The van der Waals surface area contributed by atoms with Gasteiger partial charge in [-0.15, -0.1) is 0 Å². The van der Waals surface area contributed by atoms with Crippen LogP contribution >= 0.6 is 0 Å². The van der Waals surface area contributed by atoms with Gasteiger partial charge in [-0.25, -0.2) is 0 Å². The molecule has 0 aliphatic carbocycles. The highest BCUT2D eigenvalue weighted by molar-refractivity contribution is 6.04. The van der Waals surface area contributed by atoms with E-state index >= 15 is 0 Å². The zero-order valence-corrected chi connectivity index (χ0v) is 14.0. The van der Waals surface area contributed by atoms with Crippen molar-refractivity contribution in [1.82, 2.24) is 10.6 Å². The Morgan fingerprint density at radius 1 is 1.35 bits per heavy atom. The van der Waals surface area contributed by atoms with Crippen LogP contribution in [-0.4, -0.2) is 38.0 Å². The molecular formula is C16H25N3O4. The van der Waals surface area contributed by atoms with E-state index in [0.29, 0.717) is 17.7 Å². The van der Waals surface area contributed by atoms with Crippen molar-refractivity contribution in [2.75, 3.05) is 14.2 Å². The topological polar surface area (TPSA) is 111 Å². The Morgan fingerprint density at radius 3 is 2.43 bits per heavy atom. The van der Waals surface area contributed by atoms with Crippen molar-refractivity contribution in [1.29, 1.82) is 0 Å². The number of rotatable bonds is 4. The van der Waals surface area contributed by atoms with Crippen molar-refractivity contribution < 1.29 is 19.1 Å². The molecule has 128 valence electrons. The van der Waals surface area contributed by atoms with Gasteiger partial charge in [0.25, 0.3) is 5.91 Å². The molecule has 0 saturated carbocycles. The Kier molecular flexibility index (Phi) is 10.0. The lowest BCUT2D eigenvalue weighted by atomic mass is 10.0. The minimum Gasteiger partial charge on any atom is -0.398 e. The number of nitrogens with two attached hydrogens (primary N) is 1. The molecule has 7 nitrogen and oxygen atoms in total. The second kappa shape index (κ2) is 11.2. The fourth-order valence-corrected chi connectivity index (χ4v) is 1.79. The van der Waals surface area contributed by atoms with Crippen molar-refractivity contribution in [3.63, 3.8) is 0 Å². The van der Waals surface area contributed by atoms with Crippen LogP contribution in [0.25, 0.3) is 0 Å². The average molecular weight is 323 g/mol. The smallest absolute Gasteiger partial charge is 0.253 e. The Balaban J connectivity index is 0.00000149. The van der Waals surface area contributed by atoms with E-state index in [2.05, 4.69) is 15.4 Å². The first-order valence-electron chi connectivity index (χ1n) is 7.21. The SMILES string of the molecule is COC.C\C=C/C=C(N)\C(=C/C)C(=O)NC1CCC(=O)NC1=O. The molecule has 1 unspecified atom stereocenters. The zero-order chi connectivity index (χ0) is 17.8. The minimum absolute atomic E-state index is 0.214. The average Bonchev–Trinajstić information content (AvgIpc) is 2.49. The van der Waals surface area contributed by atoms with Crippen LogP contribution in [0.15, 0.2) is 35.6 Å². The number of methoxy groups -OCH3 is 1. The van der Waals surface area contributed by atoms with Gasteiger partial charge in [0.2, 0.25) is 11.8 Å². The van der Waals surface area contributed by atoms with Crippen molar-refractivity contribution in [2.24, 2.45) is 5.73 Å². The van der Waals surface area contributed by atoms with Crippen molar-refractivity contribution in [2.45, 2.75) is 32.7 Å². The van der Waals surface area contributed by atoms with Gasteiger partial charge in [0, 0.05) is 26.3 Å². The number of hydrogen-bond donors (Lipinski definition) is 3. The van der Waals surface area contributed by atoms with E-state index in [4.69, 9.17) is 5.73 Å². The van der Waals surface area contributed by atoms with Crippen molar-refractivity contribution in [3.05, 3.63) is 35.6 Å². The fraction of sp³-hybridized carbons (Fsp3) is 0.438. The van der Waals surface area contributed by atoms with Crippen LogP contribution in [0.1, 0.15) is 26.7 Å². The Morgan fingerprint density at radius 2 is 1.96 bits per heavy atom. The molecule has 1 rings (SSSR count). The summed E-state index contributed by atoms with van der Waals surface area (Å²) in [7, 11) is 3.25. The number of imide groups is 1. The van der Waals surface area contributed by atoms with Gasteiger partial charge in [0.05, 0.1) is 5.57 Å². The molecule has 0 bridgehead atoms. The number of nitrogens with one attached hydrogen (secondary N) is 2. The summed E-state index contributed by atoms with van der Waals surface area (Å²) in [6.07, 6.45) is 7.21. The van der Waals surface area contributed by atoms with Crippen LogP contribution in [0.5, 0.6) is 0 Å². The normalized spacial score (nSPS) is 19.0. The third-order valence-corrected chi connectivity index (χ3v) is 2.86. The predicted octanol–water partition coefficient (Wildman–Crippen LogP) is 0.535. The van der Waals surface area contributed by atoms with Gasteiger partial charge in [-0.3, -0.25) is 19.7 Å². The van der Waals surface area contributed by atoms with E-state index in [-0.39, 0.29) is 12.3 Å². The summed E-state index contributed by atoms with van der Waals surface area (Å²) in [5.74, 6) is -1.24. The molecule has 23 heavy (non-hydrogen) atoms. The van der Waals surface area contributed by atoms with Crippen LogP contribution in [0.2, 0.25) is 0 Å². The Labute approximate surface area is 136 Å². The Hall–Kier alpha value is -2.41. The van der Waals surface area contributed by atoms with E-state index < -0.39 is 17.9 Å². The maximum Gasteiger partial charge on any atom is 0.253 e. The molecule has 7 heteroatoms. The lowest BCUT2D eigenvalue weighted by Gasteiger charge is -2.22. The maximum absolute atomic E-state index is 12.1. The summed E-state index contributed by atoms with van der Waals surface area (Å²) < 4.78 is 4.25. The molecular weight excluding hydrogens is 298 g/mol. The third-order valence-electron chi connectivity index (χ3n) is 2.86. The number of ether oxygens (including phenoxy) is 1. The summed E-state index contributed by atoms with van der Waals surface area (Å²) in [6, 6.07) is -0.704. The monoisotopic (exact) mass is 323 g/mol. The first-order chi connectivity index (χ1) is 10.9. The second-order valence-electron chi connectivity index (χ2n) is 4.74. The first kappa shape index (κ1) is 20.6. The van der Waals surface area contributed by atoms with Crippen molar-refractivity contribution in [3.8, 4) is 0 Å². The second-order valence-corrected chi connectivity index (χ2v) is 4.74. The number of carbonyl (C=O) groups excluding carboxylic acids is 3. The van der Waals surface area contributed by atoms with Crippen LogP contribution in [0.3, 0.4) is 0 Å². The number of hydrogen-bond acceptors (Lipinski definition) is 5. The van der Waals surface area contributed by atoms with Gasteiger partial charge in [-0.2, -0.15) is 0 Å². The summed E-state index contributed by atoms with van der Waals surface area (Å²) in [5, 5.41) is 4.77. The quantitative estimate of drug-likeness (QED) is 0.397. The maximum atomic E-state index is 12.1. The Bertz CT molecular complexity index is 521. The van der Waals surface area contributed by atoms with Gasteiger partial charge in [0.15, 0.2) is 0 Å². The molecule has 0 radical (unpaired) electrons. The summed E-state index contributed by atoms with van der Waals surface area (Å²) in [5.41, 5.74) is 6.42. The molecule has 1 fully saturated rings. The molecule has 4 N–H and O–H groups in total. The molecule has 1 heterocycles. The van der Waals surface area contributed by atoms with Gasteiger partial charge in [-0.1, -0.05) is 18.2 Å². The summed E-state index contributed by atoms with van der Waals surface area (Å²) in [4.78, 5) is 34.7. The van der Waals surface area contributed by atoms with Crippen LogP contribution in [0, 0.1) is 0 Å². The lowest BCUT2D eigenvalue weighted by molar-refractivity contribution is -0.136. The van der Waals surface area contributed by atoms with Gasteiger partial charge >= 0.3 is 0 Å². The molecule has 1 aliphatic rings.